The van der Waals surface area contributed by atoms with Gasteiger partial charge in [-0.3, -0.25) is 4.79 Å². The molecule has 1 amide bonds. The van der Waals surface area contributed by atoms with Gasteiger partial charge in [0, 0.05) is 5.56 Å². The predicted molar refractivity (Wildman–Crippen MR) is 122 cm³/mol. The van der Waals surface area contributed by atoms with Crippen LogP contribution < -0.4 is 5.43 Å². The molecule has 0 unspecified atom stereocenters. The molecule has 6 heteroatoms. The van der Waals surface area contributed by atoms with Crippen LogP contribution in [0.25, 0.3) is 11.3 Å². The summed E-state index contributed by atoms with van der Waals surface area (Å²) in [6.07, 6.45) is 1.39. The van der Waals surface area contributed by atoms with Crippen molar-refractivity contribution in [1.82, 2.24) is 5.43 Å². The number of carboxylic acids is 1. The third-order valence-corrected chi connectivity index (χ3v) is 4.94. The van der Waals surface area contributed by atoms with E-state index in [1.807, 2.05) is 60.7 Å². The topological polar surface area (TPSA) is 91.9 Å². The number of hydrazone groups is 1. The molecule has 32 heavy (non-hydrogen) atoms. The summed E-state index contributed by atoms with van der Waals surface area (Å²) in [5.74, 6) is -1.03. The number of furan rings is 1. The summed E-state index contributed by atoms with van der Waals surface area (Å²) < 4.78 is 5.71. The summed E-state index contributed by atoms with van der Waals surface area (Å²) in [7, 11) is 0. The number of hydrogen-bond acceptors (Lipinski definition) is 4. The SMILES string of the molecule is O=C(O)c1ccccc1-c1ccc(/C=N\NC(=O)C(c2ccccc2)c2ccccc2)o1. The minimum absolute atomic E-state index is 0.146. The molecule has 0 fully saturated rings. The zero-order valence-corrected chi connectivity index (χ0v) is 17.0. The van der Waals surface area contributed by atoms with Gasteiger partial charge in [-0.15, -0.1) is 0 Å². The fraction of sp³-hybridized carbons (Fsp3) is 0.0385. The summed E-state index contributed by atoms with van der Waals surface area (Å²) in [5, 5.41) is 13.4. The van der Waals surface area contributed by atoms with Gasteiger partial charge in [0.05, 0.1) is 17.7 Å². The van der Waals surface area contributed by atoms with Crippen LogP contribution in [0.3, 0.4) is 0 Å². The molecule has 4 rings (SSSR count). The first-order valence-electron chi connectivity index (χ1n) is 9.99. The first-order valence-corrected chi connectivity index (χ1v) is 9.99. The monoisotopic (exact) mass is 424 g/mol. The van der Waals surface area contributed by atoms with Crippen LogP contribution in [0, 0.1) is 0 Å². The van der Waals surface area contributed by atoms with Gasteiger partial charge in [-0.05, 0) is 29.3 Å². The number of aromatic carboxylic acids is 1. The number of benzene rings is 3. The predicted octanol–water partition coefficient (Wildman–Crippen LogP) is 4.93. The number of nitrogens with one attached hydrogen (secondary N) is 1. The fourth-order valence-electron chi connectivity index (χ4n) is 3.46. The van der Waals surface area contributed by atoms with Crippen molar-refractivity contribution < 1.29 is 19.1 Å². The fourth-order valence-corrected chi connectivity index (χ4v) is 3.46. The van der Waals surface area contributed by atoms with Gasteiger partial charge in [0.2, 0.25) is 0 Å². The van der Waals surface area contributed by atoms with E-state index in [0.29, 0.717) is 17.1 Å². The summed E-state index contributed by atoms with van der Waals surface area (Å²) in [4.78, 5) is 24.4. The normalized spacial score (nSPS) is 11.0. The molecule has 0 saturated carbocycles. The van der Waals surface area contributed by atoms with Gasteiger partial charge in [0.25, 0.3) is 5.91 Å². The van der Waals surface area contributed by atoms with E-state index in [-0.39, 0.29) is 11.5 Å². The van der Waals surface area contributed by atoms with E-state index in [1.165, 1.54) is 12.3 Å². The van der Waals surface area contributed by atoms with E-state index in [0.717, 1.165) is 11.1 Å². The number of carboxylic acid groups (broad SMARTS) is 1. The van der Waals surface area contributed by atoms with E-state index in [4.69, 9.17) is 4.42 Å². The maximum absolute atomic E-state index is 13.0. The number of carbonyl (C=O) groups is 2. The van der Waals surface area contributed by atoms with Gasteiger partial charge in [-0.1, -0.05) is 78.9 Å². The largest absolute Gasteiger partial charge is 0.478 e. The molecule has 0 aliphatic rings. The van der Waals surface area contributed by atoms with Crippen molar-refractivity contribution in [2.45, 2.75) is 5.92 Å². The molecule has 0 atom stereocenters. The zero-order chi connectivity index (χ0) is 22.3. The Hall–Kier alpha value is -4.45. The lowest BCUT2D eigenvalue weighted by Gasteiger charge is -2.16. The van der Waals surface area contributed by atoms with Crippen molar-refractivity contribution in [1.29, 1.82) is 0 Å². The highest BCUT2D eigenvalue weighted by atomic mass is 16.4. The molecule has 158 valence electrons. The van der Waals surface area contributed by atoms with Crippen LogP contribution in [-0.4, -0.2) is 23.2 Å². The van der Waals surface area contributed by atoms with Crippen LogP contribution in [0.4, 0.5) is 0 Å². The summed E-state index contributed by atoms with van der Waals surface area (Å²) in [6, 6.07) is 28.9. The van der Waals surface area contributed by atoms with Crippen LogP contribution in [0.15, 0.2) is 107 Å². The first-order chi connectivity index (χ1) is 15.6. The lowest BCUT2D eigenvalue weighted by Crippen LogP contribution is -2.26. The quantitative estimate of drug-likeness (QED) is 0.325. The van der Waals surface area contributed by atoms with Gasteiger partial charge in [-0.2, -0.15) is 5.10 Å². The Balaban J connectivity index is 1.51. The Morgan fingerprint density at radius 3 is 2.03 bits per heavy atom. The molecular weight excluding hydrogens is 404 g/mol. The lowest BCUT2D eigenvalue weighted by molar-refractivity contribution is -0.121. The molecule has 0 radical (unpaired) electrons. The molecule has 6 nitrogen and oxygen atoms in total. The second-order valence-electron chi connectivity index (χ2n) is 7.04. The summed E-state index contributed by atoms with van der Waals surface area (Å²) in [5.41, 5.74) is 4.91. The van der Waals surface area contributed by atoms with Crippen molar-refractivity contribution in [3.8, 4) is 11.3 Å². The lowest BCUT2D eigenvalue weighted by atomic mass is 9.91. The molecule has 0 spiro atoms. The molecule has 1 aromatic heterocycles. The Morgan fingerprint density at radius 1 is 0.812 bits per heavy atom. The zero-order valence-electron chi connectivity index (χ0n) is 17.0. The van der Waals surface area contributed by atoms with Crippen LogP contribution >= 0.6 is 0 Å². The van der Waals surface area contributed by atoms with Gasteiger partial charge in [-0.25, -0.2) is 10.2 Å². The molecular formula is C26H20N2O4. The maximum Gasteiger partial charge on any atom is 0.336 e. The number of nitrogens with zero attached hydrogens (tertiary/aromatic N) is 1. The standard InChI is InChI=1S/C26H20N2O4/c29-25(24(18-9-3-1-4-10-18)19-11-5-2-6-12-19)28-27-17-20-15-16-23(32-20)21-13-7-8-14-22(21)26(30)31/h1-17,24H,(H,28,29)(H,30,31)/b27-17-. The first kappa shape index (κ1) is 20.8. The van der Waals surface area contributed by atoms with E-state index in [9.17, 15) is 14.7 Å². The third kappa shape index (κ3) is 4.65. The van der Waals surface area contributed by atoms with Gasteiger partial charge >= 0.3 is 5.97 Å². The minimum Gasteiger partial charge on any atom is -0.478 e. The van der Waals surface area contributed by atoms with Crippen molar-refractivity contribution in [2.75, 3.05) is 0 Å². The molecule has 0 bridgehead atoms. The summed E-state index contributed by atoms with van der Waals surface area (Å²) in [6.45, 7) is 0. The summed E-state index contributed by atoms with van der Waals surface area (Å²) >= 11 is 0. The average molecular weight is 424 g/mol. The average Bonchev–Trinajstić information content (AvgIpc) is 3.29. The van der Waals surface area contributed by atoms with E-state index >= 15 is 0 Å². The van der Waals surface area contributed by atoms with Gasteiger partial charge < -0.3 is 9.52 Å². The highest BCUT2D eigenvalue weighted by Gasteiger charge is 2.22. The van der Waals surface area contributed by atoms with Crippen molar-refractivity contribution in [3.63, 3.8) is 0 Å². The smallest absolute Gasteiger partial charge is 0.336 e. The van der Waals surface area contributed by atoms with Crippen LogP contribution in [-0.2, 0) is 4.79 Å². The Kier molecular flexibility index (Phi) is 6.22. The molecule has 4 aromatic rings. The highest BCUT2D eigenvalue weighted by molar-refractivity contribution is 5.95. The number of carbonyl (C=O) groups excluding carboxylic acids is 1. The van der Waals surface area contributed by atoms with Crippen molar-refractivity contribution in [3.05, 3.63) is 120 Å². The molecule has 0 saturated heterocycles. The highest BCUT2D eigenvalue weighted by Crippen LogP contribution is 2.26. The van der Waals surface area contributed by atoms with Crippen molar-refractivity contribution >= 4 is 18.1 Å². The van der Waals surface area contributed by atoms with Gasteiger partial charge in [0.1, 0.15) is 11.5 Å². The van der Waals surface area contributed by atoms with Crippen LogP contribution in [0.1, 0.15) is 33.2 Å². The number of hydrogen-bond donors (Lipinski definition) is 2. The second-order valence-corrected chi connectivity index (χ2v) is 7.04. The van der Waals surface area contributed by atoms with E-state index < -0.39 is 11.9 Å². The Morgan fingerprint density at radius 2 is 1.41 bits per heavy atom. The molecule has 2 N–H and O–H groups in total. The van der Waals surface area contributed by atoms with E-state index in [2.05, 4.69) is 10.5 Å². The van der Waals surface area contributed by atoms with E-state index in [1.54, 1.807) is 30.3 Å². The van der Waals surface area contributed by atoms with Crippen LogP contribution in [0.5, 0.6) is 0 Å². The second kappa shape index (κ2) is 9.57. The van der Waals surface area contributed by atoms with Crippen LogP contribution in [0.2, 0.25) is 0 Å². The van der Waals surface area contributed by atoms with Gasteiger partial charge in [0.15, 0.2) is 0 Å². The Labute approximate surface area is 184 Å². The molecule has 0 aliphatic heterocycles. The minimum atomic E-state index is -1.03. The maximum atomic E-state index is 13.0. The Bertz CT molecular complexity index is 1210. The number of amides is 1. The number of rotatable bonds is 7. The third-order valence-electron chi connectivity index (χ3n) is 4.94. The molecule has 0 aliphatic carbocycles. The molecule has 1 heterocycles. The molecule has 3 aromatic carbocycles. The van der Waals surface area contributed by atoms with Crippen molar-refractivity contribution in [2.24, 2.45) is 5.10 Å².